The van der Waals surface area contributed by atoms with E-state index in [-0.39, 0.29) is 11.5 Å². The van der Waals surface area contributed by atoms with Crippen LogP contribution in [0.3, 0.4) is 0 Å². The number of anilines is 1. The zero-order valence-corrected chi connectivity index (χ0v) is 17.6. The summed E-state index contributed by atoms with van der Waals surface area (Å²) in [7, 11) is 0. The fraction of sp³-hybridized carbons (Fsp3) is 0.208. The number of fused-ring (bicyclic) bond motifs is 1. The summed E-state index contributed by atoms with van der Waals surface area (Å²) in [5.74, 6) is -0.387. The minimum absolute atomic E-state index is 0.0721. The van der Waals surface area contributed by atoms with E-state index < -0.39 is 17.6 Å². The van der Waals surface area contributed by atoms with Crippen molar-refractivity contribution in [3.8, 4) is 11.3 Å². The third-order valence-electron chi connectivity index (χ3n) is 5.69. The summed E-state index contributed by atoms with van der Waals surface area (Å²) in [5, 5.41) is 7.35. The van der Waals surface area contributed by atoms with Crippen molar-refractivity contribution in [3.63, 3.8) is 0 Å². The van der Waals surface area contributed by atoms with E-state index in [0.717, 1.165) is 34.5 Å². The van der Waals surface area contributed by atoms with Gasteiger partial charge in [0.15, 0.2) is 5.65 Å². The first-order valence-electron chi connectivity index (χ1n) is 10.3. The van der Waals surface area contributed by atoms with E-state index in [2.05, 4.69) is 15.4 Å². The Labute approximate surface area is 187 Å². The highest BCUT2D eigenvalue weighted by Gasteiger charge is 2.31. The van der Waals surface area contributed by atoms with E-state index in [1.54, 1.807) is 29.0 Å². The number of amides is 1. The zero-order valence-electron chi connectivity index (χ0n) is 17.6. The second-order valence-electron chi connectivity index (χ2n) is 7.98. The Morgan fingerprint density at radius 3 is 2.70 bits per heavy atom. The first-order chi connectivity index (χ1) is 15.8. The third kappa shape index (κ3) is 4.07. The number of hydrogen-bond acceptors (Lipinski definition) is 4. The van der Waals surface area contributed by atoms with Crippen LogP contribution in [0.25, 0.3) is 16.9 Å². The van der Waals surface area contributed by atoms with Crippen molar-refractivity contribution >= 4 is 17.2 Å². The maximum Gasteiger partial charge on any atom is 0.416 e. The molecule has 0 unspecified atom stereocenters. The van der Waals surface area contributed by atoms with Crippen molar-refractivity contribution in [1.29, 1.82) is 0 Å². The number of aromatic nitrogens is 3. The van der Waals surface area contributed by atoms with Gasteiger partial charge < -0.3 is 10.1 Å². The number of ether oxygens (including phenoxy) is 1. The van der Waals surface area contributed by atoms with Crippen molar-refractivity contribution in [2.45, 2.75) is 19.0 Å². The van der Waals surface area contributed by atoms with Crippen LogP contribution in [0.15, 0.2) is 60.9 Å². The summed E-state index contributed by atoms with van der Waals surface area (Å²) in [4.78, 5) is 17.0. The number of carbonyl (C=O) groups is 1. The van der Waals surface area contributed by atoms with Crippen LogP contribution in [0.2, 0.25) is 0 Å². The highest BCUT2D eigenvalue weighted by atomic mass is 19.4. The van der Waals surface area contributed by atoms with Crippen LogP contribution in [0.4, 0.5) is 18.9 Å². The van der Waals surface area contributed by atoms with Crippen LogP contribution < -0.4 is 5.32 Å². The molecular formula is C24H19F3N4O2. The van der Waals surface area contributed by atoms with Gasteiger partial charge in [-0.15, -0.1) is 0 Å². The molecule has 1 N–H and O–H groups in total. The monoisotopic (exact) mass is 452 g/mol. The summed E-state index contributed by atoms with van der Waals surface area (Å²) in [5.41, 5.74) is 3.77. The molecule has 1 amide bonds. The molecule has 168 valence electrons. The number of nitrogens with zero attached hydrogens (tertiary/aromatic N) is 3. The molecule has 33 heavy (non-hydrogen) atoms. The van der Waals surface area contributed by atoms with Crippen molar-refractivity contribution in [2.24, 2.45) is 0 Å². The third-order valence-corrected chi connectivity index (χ3v) is 5.69. The van der Waals surface area contributed by atoms with Crippen LogP contribution in [0.5, 0.6) is 0 Å². The van der Waals surface area contributed by atoms with E-state index in [4.69, 9.17) is 4.74 Å². The standard InChI is InChI=1S/C24H19F3N4O2/c1-14-5-6-18(29-23(32)15-3-2-4-17(9-15)24(25,26)27)10-19(14)21-11-20(16-12-33-13-16)22-28-7-8-31(22)30-21/h2-11,16H,12-13H2,1H3,(H,29,32). The van der Waals surface area contributed by atoms with Crippen LogP contribution in [-0.4, -0.2) is 33.7 Å². The Morgan fingerprint density at radius 1 is 1.15 bits per heavy atom. The second kappa shape index (κ2) is 8.00. The van der Waals surface area contributed by atoms with Gasteiger partial charge in [0.2, 0.25) is 0 Å². The van der Waals surface area contributed by atoms with E-state index in [0.29, 0.717) is 24.6 Å². The molecule has 0 aliphatic carbocycles. The molecule has 2 aromatic carbocycles. The van der Waals surface area contributed by atoms with E-state index >= 15 is 0 Å². The van der Waals surface area contributed by atoms with Gasteiger partial charge in [-0.05, 0) is 48.9 Å². The van der Waals surface area contributed by atoms with Crippen LogP contribution in [-0.2, 0) is 10.9 Å². The van der Waals surface area contributed by atoms with E-state index in [1.165, 1.54) is 12.1 Å². The minimum Gasteiger partial charge on any atom is -0.380 e. The van der Waals surface area contributed by atoms with Gasteiger partial charge in [0.05, 0.1) is 24.5 Å². The van der Waals surface area contributed by atoms with Gasteiger partial charge >= 0.3 is 6.18 Å². The van der Waals surface area contributed by atoms with Crippen LogP contribution >= 0.6 is 0 Å². The lowest BCUT2D eigenvalue weighted by atomic mass is 9.96. The number of rotatable bonds is 4. The highest BCUT2D eigenvalue weighted by Crippen LogP contribution is 2.33. The summed E-state index contributed by atoms with van der Waals surface area (Å²) in [6.07, 6.45) is -1.06. The number of imidazole rings is 1. The van der Waals surface area contributed by atoms with Crippen molar-refractivity contribution in [2.75, 3.05) is 18.5 Å². The molecule has 0 bridgehead atoms. The van der Waals surface area contributed by atoms with E-state index in [1.807, 2.05) is 19.1 Å². The number of benzene rings is 2. The molecule has 5 rings (SSSR count). The fourth-order valence-corrected chi connectivity index (χ4v) is 3.80. The Morgan fingerprint density at radius 2 is 1.97 bits per heavy atom. The lowest BCUT2D eigenvalue weighted by Crippen LogP contribution is -2.26. The predicted molar refractivity (Wildman–Crippen MR) is 116 cm³/mol. The normalized spacial score (nSPS) is 14.3. The van der Waals surface area contributed by atoms with Crippen LogP contribution in [0, 0.1) is 6.92 Å². The lowest BCUT2D eigenvalue weighted by molar-refractivity contribution is -0.137. The fourth-order valence-electron chi connectivity index (χ4n) is 3.80. The summed E-state index contributed by atoms with van der Waals surface area (Å²) in [6.45, 7) is 3.18. The Bertz CT molecular complexity index is 1360. The Kier molecular flexibility index (Phi) is 5.13. The van der Waals surface area contributed by atoms with Crippen molar-refractivity contribution in [1.82, 2.24) is 14.6 Å². The molecule has 1 saturated heterocycles. The number of alkyl halides is 3. The maximum absolute atomic E-state index is 13.0. The average Bonchev–Trinajstić information content (AvgIpc) is 3.22. The molecule has 1 aliphatic rings. The number of hydrogen-bond donors (Lipinski definition) is 1. The number of halogens is 3. The topological polar surface area (TPSA) is 68.5 Å². The molecule has 0 spiro atoms. The Hall–Kier alpha value is -3.72. The average molecular weight is 452 g/mol. The molecule has 2 aromatic heterocycles. The van der Waals surface area contributed by atoms with Gasteiger partial charge in [0, 0.05) is 40.7 Å². The van der Waals surface area contributed by atoms with Gasteiger partial charge in [-0.25, -0.2) is 9.50 Å². The van der Waals surface area contributed by atoms with Gasteiger partial charge in [0.1, 0.15) is 0 Å². The minimum atomic E-state index is -4.52. The predicted octanol–water partition coefficient (Wildman–Crippen LogP) is 5.09. The molecule has 9 heteroatoms. The van der Waals surface area contributed by atoms with Gasteiger partial charge in [-0.2, -0.15) is 18.3 Å². The van der Waals surface area contributed by atoms with Crippen molar-refractivity contribution < 1.29 is 22.7 Å². The summed E-state index contributed by atoms with van der Waals surface area (Å²) < 4.78 is 46.1. The molecule has 0 saturated carbocycles. The molecule has 0 radical (unpaired) electrons. The summed E-state index contributed by atoms with van der Waals surface area (Å²) >= 11 is 0. The number of nitrogens with one attached hydrogen (secondary N) is 1. The van der Waals surface area contributed by atoms with E-state index in [9.17, 15) is 18.0 Å². The smallest absolute Gasteiger partial charge is 0.380 e. The molecule has 4 aromatic rings. The van der Waals surface area contributed by atoms with Crippen LogP contribution in [0.1, 0.15) is 33.0 Å². The largest absolute Gasteiger partial charge is 0.416 e. The number of aryl methyl sites for hydroxylation is 1. The highest BCUT2D eigenvalue weighted by molar-refractivity contribution is 6.04. The maximum atomic E-state index is 13.0. The van der Waals surface area contributed by atoms with Crippen molar-refractivity contribution in [3.05, 3.63) is 83.2 Å². The molecule has 1 fully saturated rings. The zero-order chi connectivity index (χ0) is 23.2. The van der Waals surface area contributed by atoms with Gasteiger partial charge in [-0.1, -0.05) is 12.1 Å². The number of carbonyl (C=O) groups excluding carboxylic acids is 1. The summed E-state index contributed by atoms with van der Waals surface area (Å²) in [6, 6.07) is 11.6. The lowest BCUT2D eigenvalue weighted by Gasteiger charge is -2.26. The second-order valence-corrected chi connectivity index (χ2v) is 7.98. The molecule has 0 atom stereocenters. The quantitative estimate of drug-likeness (QED) is 0.468. The molecular weight excluding hydrogens is 433 g/mol. The molecule has 1 aliphatic heterocycles. The van der Waals surface area contributed by atoms with Gasteiger partial charge in [0.25, 0.3) is 5.91 Å². The van der Waals surface area contributed by atoms with Gasteiger partial charge in [-0.3, -0.25) is 4.79 Å². The Balaban J connectivity index is 1.48. The molecule has 6 nitrogen and oxygen atoms in total. The SMILES string of the molecule is Cc1ccc(NC(=O)c2cccc(C(F)(F)F)c2)cc1-c1cc(C2COC2)c2nccn2n1. The first-order valence-corrected chi connectivity index (χ1v) is 10.3. The first kappa shape index (κ1) is 21.1. The molecule has 3 heterocycles.